The van der Waals surface area contributed by atoms with E-state index in [4.69, 9.17) is 9.84 Å². The maximum atomic E-state index is 11.8. The number of amides is 1. The van der Waals surface area contributed by atoms with Crippen molar-refractivity contribution < 1.29 is 14.6 Å². The number of aliphatic hydroxyl groups excluding tert-OH is 1. The van der Waals surface area contributed by atoms with Crippen molar-refractivity contribution in [3.05, 3.63) is 30.3 Å². The van der Waals surface area contributed by atoms with Crippen LogP contribution in [0.2, 0.25) is 0 Å². The average Bonchev–Trinajstić information content (AvgIpc) is 2.38. The first-order valence-corrected chi connectivity index (χ1v) is 6.29. The van der Waals surface area contributed by atoms with Gasteiger partial charge in [0.05, 0.1) is 13.2 Å². The Kier molecular flexibility index (Phi) is 6.49. The third-order valence-corrected chi connectivity index (χ3v) is 2.86. The van der Waals surface area contributed by atoms with Crippen molar-refractivity contribution in [1.82, 2.24) is 5.32 Å². The van der Waals surface area contributed by atoms with Gasteiger partial charge in [0.1, 0.15) is 0 Å². The zero-order valence-corrected chi connectivity index (χ0v) is 11.5. The lowest BCUT2D eigenvalue weighted by molar-refractivity contribution is -0.115. The van der Waals surface area contributed by atoms with E-state index in [0.717, 1.165) is 5.69 Å². The summed E-state index contributed by atoms with van der Waals surface area (Å²) in [5.74, 6) is -0.119. The fourth-order valence-electron chi connectivity index (χ4n) is 1.80. The van der Waals surface area contributed by atoms with E-state index in [1.165, 1.54) is 0 Å². The maximum absolute atomic E-state index is 11.8. The topological polar surface area (TPSA) is 70.6 Å². The first kappa shape index (κ1) is 15.6. The Morgan fingerprint density at radius 1 is 1.37 bits per heavy atom. The molecule has 1 aromatic carbocycles. The van der Waals surface area contributed by atoms with Crippen molar-refractivity contribution in [3.8, 4) is 0 Å². The molecule has 0 aromatic heterocycles. The average molecular weight is 266 g/mol. The predicted octanol–water partition coefficient (Wildman–Crippen LogP) is 1.00. The second-order valence-electron chi connectivity index (χ2n) is 4.74. The highest BCUT2D eigenvalue weighted by Gasteiger charge is 2.23. The molecule has 5 nitrogen and oxygen atoms in total. The van der Waals surface area contributed by atoms with Crippen LogP contribution in [0.25, 0.3) is 0 Å². The minimum atomic E-state index is -0.405. The molecule has 1 rings (SSSR count). The molecule has 0 radical (unpaired) electrons. The van der Waals surface area contributed by atoms with Gasteiger partial charge in [0.15, 0.2) is 0 Å². The van der Waals surface area contributed by atoms with E-state index in [2.05, 4.69) is 10.6 Å². The Hall–Kier alpha value is -1.43. The molecule has 5 heteroatoms. The molecule has 106 valence electrons. The number of ether oxygens (including phenoxy) is 1. The molecular weight excluding hydrogens is 244 g/mol. The number of benzene rings is 1. The number of methoxy groups -OCH3 is 1. The highest BCUT2D eigenvalue weighted by Crippen LogP contribution is 2.09. The maximum Gasteiger partial charge on any atom is 0.238 e. The molecular formula is C14H22N2O3. The minimum Gasteiger partial charge on any atom is -0.396 e. The van der Waals surface area contributed by atoms with Crippen LogP contribution in [-0.2, 0) is 9.53 Å². The Morgan fingerprint density at radius 3 is 2.63 bits per heavy atom. The van der Waals surface area contributed by atoms with E-state index in [9.17, 15) is 4.79 Å². The molecule has 0 saturated carbocycles. The highest BCUT2D eigenvalue weighted by atomic mass is 16.5. The van der Waals surface area contributed by atoms with E-state index >= 15 is 0 Å². The number of aliphatic hydroxyl groups is 1. The van der Waals surface area contributed by atoms with E-state index in [-0.39, 0.29) is 19.1 Å². The van der Waals surface area contributed by atoms with Crippen LogP contribution in [0.15, 0.2) is 30.3 Å². The summed E-state index contributed by atoms with van der Waals surface area (Å²) in [4.78, 5) is 11.8. The molecule has 19 heavy (non-hydrogen) atoms. The van der Waals surface area contributed by atoms with Crippen molar-refractivity contribution in [3.63, 3.8) is 0 Å². The van der Waals surface area contributed by atoms with Crippen LogP contribution in [0, 0.1) is 0 Å². The number of carbonyl (C=O) groups is 1. The molecule has 3 N–H and O–H groups in total. The first-order chi connectivity index (χ1) is 9.09. The molecule has 1 unspecified atom stereocenters. The molecule has 1 aromatic rings. The lowest BCUT2D eigenvalue weighted by atomic mass is 9.99. The standard InChI is InChI=1S/C14H22N2O3/c1-14(8-9-17,11-19-2)15-10-13(18)16-12-6-4-3-5-7-12/h3-7,15,17H,8-11H2,1-2H3,(H,16,18). The zero-order valence-electron chi connectivity index (χ0n) is 11.5. The van der Waals surface area contributed by atoms with E-state index in [1.54, 1.807) is 7.11 Å². The Balaban J connectivity index is 2.43. The largest absolute Gasteiger partial charge is 0.396 e. The molecule has 0 heterocycles. The van der Waals surface area contributed by atoms with Crippen LogP contribution in [0.5, 0.6) is 0 Å². The number of rotatable bonds is 8. The molecule has 0 aliphatic heterocycles. The second kappa shape index (κ2) is 7.89. The summed E-state index contributed by atoms with van der Waals surface area (Å²) in [5.41, 5.74) is 0.363. The molecule has 0 saturated heterocycles. The number of carbonyl (C=O) groups excluding carboxylic acids is 1. The van der Waals surface area contributed by atoms with Crippen molar-refractivity contribution >= 4 is 11.6 Å². The van der Waals surface area contributed by atoms with Gasteiger partial charge >= 0.3 is 0 Å². The summed E-state index contributed by atoms with van der Waals surface area (Å²) >= 11 is 0. The van der Waals surface area contributed by atoms with Gasteiger partial charge in [-0.05, 0) is 25.5 Å². The second-order valence-corrected chi connectivity index (χ2v) is 4.74. The molecule has 0 spiro atoms. The highest BCUT2D eigenvalue weighted by molar-refractivity contribution is 5.92. The molecule has 1 atom stereocenters. The minimum absolute atomic E-state index is 0.0488. The molecule has 1 amide bonds. The Labute approximate surface area is 114 Å². The van der Waals surface area contributed by atoms with Crippen LogP contribution >= 0.6 is 0 Å². The Morgan fingerprint density at radius 2 is 2.05 bits per heavy atom. The van der Waals surface area contributed by atoms with Crippen LogP contribution in [0.3, 0.4) is 0 Å². The summed E-state index contributed by atoms with van der Waals surface area (Å²) in [6.07, 6.45) is 0.527. The van der Waals surface area contributed by atoms with Crippen LogP contribution in [-0.4, -0.2) is 43.4 Å². The molecule has 0 fully saturated rings. The van der Waals surface area contributed by atoms with Crippen molar-refractivity contribution in [2.45, 2.75) is 18.9 Å². The smallest absolute Gasteiger partial charge is 0.238 e. The first-order valence-electron chi connectivity index (χ1n) is 6.29. The third-order valence-electron chi connectivity index (χ3n) is 2.86. The van der Waals surface area contributed by atoms with Crippen molar-refractivity contribution in [2.24, 2.45) is 0 Å². The fourth-order valence-corrected chi connectivity index (χ4v) is 1.80. The summed E-state index contributed by atoms with van der Waals surface area (Å²) in [5, 5.41) is 14.9. The number of para-hydroxylation sites is 1. The molecule has 0 aliphatic rings. The van der Waals surface area contributed by atoms with Gasteiger partial charge in [-0.2, -0.15) is 0 Å². The third kappa shape index (κ3) is 5.83. The lowest BCUT2D eigenvalue weighted by Gasteiger charge is -2.29. The summed E-state index contributed by atoms with van der Waals surface area (Å²) in [7, 11) is 1.60. The van der Waals surface area contributed by atoms with Crippen LogP contribution < -0.4 is 10.6 Å². The SMILES string of the molecule is COCC(C)(CCO)NCC(=O)Nc1ccccc1. The van der Waals surface area contributed by atoms with E-state index in [0.29, 0.717) is 13.0 Å². The number of anilines is 1. The van der Waals surface area contributed by atoms with Crippen LogP contribution in [0.4, 0.5) is 5.69 Å². The zero-order chi connectivity index (χ0) is 14.1. The number of nitrogens with one attached hydrogen (secondary N) is 2. The summed E-state index contributed by atoms with van der Waals surface area (Å²) in [6, 6.07) is 9.29. The van der Waals surface area contributed by atoms with E-state index < -0.39 is 5.54 Å². The predicted molar refractivity (Wildman–Crippen MR) is 75.1 cm³/mol. The van der Waals surface area contributed by atoms with Crippen LogP contribution in [0.1, 0.15) is 13.3 Å². The molecule has 0 bridgehead atoms. The summed E-state index contributed by atoms with van der Waals surface area (Å²) < 4.78 is 5.10. The Bertz CT molecular complexity index is 376. The van der Waals surface area contributed by atoms with Gasteiger partial charge in [0.2, 0.25) is 5.91 Å². The number of hydrogen-bond donors (Lipinski definition) is 3. The van der Waals surface area contributed by atoms with Gasteiger partial charge in [-0.15, -0.1) is 0 Å². The monoisotopic (exact) mass is 266 g/mol. The normalized spacial score (nSPS) is 13.8. The van der Waals surface area contributed by atoms with Gasteiger partial charge in [-0.3, -0.25) is 4.79 Å². The van der Waals surface area contributed by atoms with Gasteiger partial charge in [0, 0.05) is 24.9 Å². The summed E-state index contributed by atoms with van der Waals surface area (Å²) in [6.45, 7) is 2.58. The molecule has 0 aliphatic carbocycles. The fraction of sp³-hybridized carbons (Fsp3) is 0.500. The quantitative estimate of drug-likeness (QED) is 0.656. The van der Waals surface area contributed by atoms with Gasteiger partial charge in [-0.1, -0.05) is 18.2 Å². The lowest BCUT2D eigenvalue weighted by Crippen LogP contribution is -2.49. The van der Waals surface area contributed by atoms with Crippen molar-refractivity contribution in [2.75, 3.05) is 32.2 Å². The van der Waals surface area contributed by atoms with E-state index in [1.807, 2.05) is 37.3 Å². The van der Waals surface area contributed by atoms with Crippen molar-refractivity contribution in [1.29, 1.82) is 0 Å². The number of hydrogen-bond acceptors (Lipinski definition) is 4. The van der Waals surface area contributed by atoms with Gasteiger partial charge < -0.3 is 20.5 Å². The van der Waals surface area contributed by atoms with Gasteiger partial charge in [0.25, 0.3) is 0 Å². The van der Waals surface area contributed by atoms with Gasteiger partial charge in [-0.25, -0.2) is 0 Å².